The minimum absolute atomic E-state index is 0.0846. The summed E-state index contributed by atoms with van der Waals surface area (Å²) >= 11 is 0. The van der Waals surface area contributed by atoms with Crippen LogP contribution in [0.3, 0.4) is 0 Å². The van der Waals surface area contributed by atoms with E-state index in [1.54, 1.807) is 40.2 Å². The maximum Gasteiger partial charge on any atom is 0.266 e. The maximum atomic E-state index is 12.4. The molecule has 8 nitrogen and oxygen atoms in total. The van der Waals surface area contributed by atoms with Gasteiger partial charge in [-0.2, -0.15) is 5.10 Å². The van der Waals surface area contributed by atoms with Crippen LogP contribution in [0, 0.1) is 0 Å². The van der Waals surface area contributed by atoms with Crippen molar-refractivity contribution >= 4 is 5.82 Å². The van der Waals surface area contributed by atoms with Gasteiger partial charge in [0.15, 0.2) is 5.82 Å². The number of fused-ring (bicyclic) bond motifs is 1. The monoisotopic (exact) mass is 363 g/mol. The molecule has 138 valence electrons. The van der Waals surface area contributed by atoms with Gasteiger partial charge in [0.25, 0.3) is 5.56 Å². The van der Waals surface area contributed by atoms with Crippen molar-refractivity contribution in [3.05, 3.63) is 58.8 Å². The number of hydrogen-bond acceptors (Lipinski definition) is 6. The average molecular weight is 363 g/mol. The van der Waals surface area contributed by atoms with Crippen LogP contribution in [-0.4, -0.2) is 41.9 Å². The fraction of sp³-hybridized carbons (Fsp3) is 0.421. The first-order chi connectivity index (χ1) is 13.3. The molecule has 0 bridgehead atoms. The fourth-order valence-corrected chi connectivity index (χ4v) is 4.20. The summed E-state index contributed by atoms with van der Waals surface area (Å²) in [6.45, 7) is 1.52. The van der Waals surface area contributed by atoms with Gasteiger partial charge in [0, 0.05) is 36.3 Å². The number of nitrogens with zero attached hydrogens (tertiary/aromatic N) is 7. The van der Waals surface area contributed by atoms with E-state index in [1.807, 2.05) is 6.20 Å². The Morgan fingerprint density at radius 1 is 1.15 bits per heavy atom. The fourth-order valence-electron chi connectivity index (χ4n) is 4.20. The zero-order valence-electron chi connectivity index (χ0n) is 15.0. The zero-order valence-corrected chi connectivity index (χ0v) is 15.0. The predicted octanol–water partition coefficient (Wildman–Crippen LogP) is 1.38. The van der Waals surface area contributed by atoms with Crippen LogP contribution >= 0.6 is 0 Å². The number of aromatic nitrogens is 6. The smallest absolute Gasteiger partial charge is 0.266 e. The van der Waals surface area contributed by atoms with E-state index in [9.17, 15) is 4.79 Å². The van der Waals surface area contributed by atoms with Gasteiger partial charge >= 0.3 is 0 Å². The number of hydrogen-bond donors (Lipinski definition) is 0. The van der Waals surface area contributed by atoms with E-state index in [4.69, 9.17) is 0 Å². The number of rotatable bonds is 4. The maximum absolute atomic E-state index is 12.4. The van der Waals surface area contributed by atoms with E-state index < -0.39 is 0 Å². The van der Waals surface area contributed by atoms with Crippen molar-refractivity contribution in [3.8, 4) is 5.82 Å². The van der Waals surface area contributed by atoms with Crippen LogP contribution in [0.15, 0.2) is 42.0 Å². The van der Waals surface area contributed by atoms with Gasteiger partial charge < -0.3 is 4.90 Å². The SMILES string of the molecule is O=c1ccc(-n2ccnc2)nn1CC1CCCN1c1ncnc2c1CCC2. The van der Waals surface area contributed by atoms with Crippen molar-refractivity contribution in [2.75, 3.05) is 11.4 Å². The summed E-state index contributed by atoms with van der Waals surface area (Å²) in [6.07, 6.45) is 12.2. The van der Waals surface area contributed by atoms with Crippen LogP contribution in [0.5, 0.6) is 0 Å². The predicted molar refractivity (Wildman–Crippen MR) is 100 cm³/mol. The quantitative estimate of drug-likeness (QED) is 0.696. The molecule has 27 heavy (non-hydrogen) atoms. The van der Waals surface area contributed by atoms with E-state index in [-0.39, 0.29) is 11.6 Å². The lowest BCUT2D eigenvalue weighted by Crippen LogP contribution is -2.38. The Hall–Kier alpha value is -3.03. The van der Waals surface area contributed by atoms with E-state index in [0.29, 0.717) is 12.4 Å². The highest BCUT2D eigenvalue weighted by Crippen LogP contribution is 2.32. The summed E-state index contributed by atoms with van der Waals surface area (Å²) in [4.78, 5) is 27.8. The topological polar surface area (TPSA) is 81.7 Å². The van der Waals surface area contributed by atoms with Crippen molar-refractivity contribution in [2.24, 2.45) is 0 Å². The molecule has 4 heterocycles. The standard InChI is InChI=1S/C19H21N7O/c27-18-7-6-17(24-10-8-20-13-24)23-26(18)11-14-3-2-9-25(14)19-15-4-1-5-16(15)21-12-22-19/h6-8,10,12-14H,1-5,9,11H2. The number of anilines is 1. The third-order valence-corrected chi connectivity index (χ3v) is 5.51. The molecular weight excluding hydrogens is 342 g/mol. The summed E-state index contributed by atoms with van der Waals surface area (Å²) in [5.74, 6) is 1.75. The molecule has 0 N–H and O–H groups in total. The van der Waals surface area contributed by atoms with Crippen LogP contribution in [0.4, 0.5) is 5.82 Å². The van der Waals surface area contributed by atoms with Gasteiger partial charge in [-0.25, -0.2) is 19.6 Å². The van der Waals surface area contributed by atoms with Crippen molar-refractivity contribution < 1.29 is 0 Å². The lowest BCUT2D eigenvalue weighted by Gasteiger charge is -2.27. The second kappa shape index (κ2) is 6.61. The van der Waals surface area contributed by atoms with Crippen LogP contribution in [0.25, 0.3) is 5.82 Å². The molecule has 3 aromatic heterocycles. The van der Waals surface area contributed by atoms with E-state index in [1.165, 1.54) is 11.3 Å². The molecule has 5 rings (SSSR count). The molecule has 1 saturated heterocycles. The van der Waals surface area contributed by atoms with E-state index >= 15 is 0 Å². The van der Waals surface area contributed by atoms with E-state index in [2.05, 4.69) is 25.0 Å². The van der Waals surface area contributed by atoms with Crippen molar-refractivity contribution in [3.63, 3.8) is 0 Å². The molecule has 1 unspecified atom stereocenters. The van der Waals surface area contributed by atoms with Gasteiger partial charge in [-0.1, -0.05) is 0 Å². The molecule has 0 spiro atoms. The Morgan fingerprint density at radius 2 is 2.11 bits per heavy atom. The molecule has 0 saturated carbocycles. The van der Waals surface area contributed by atoms with Crippen molar-refractivity contribution in [2.45, 2.75) is 44.7 Å². The minimum atomic E-state index is -0.0846. The normalized spacial score (nSPS) is 18.8. The first kappa shape index (κ1) is 16.2. The largest absolute Gasteiger partial charge is 0.351 e. The third kappa shape index (κ3) is 2.90. The van der Waals surface area contributed by atoms with Gasteiger partial charge in [0.05, 0.1) is 12.6 Å². The lowest BCUT2D eigenvalue weighted by atomic mass is 10.2. The van der Waals surface area contributed by atoms with Crippen molar-refractivity contribution in [1.82, 2.24) is 29.3 Å². The molecule has 1 atom stereocenters. The summed E-state index contributed by atoms with van der Waals surface area (Å²) in [5.41, 5.74) is 2.39. The molecule has 0 aromatic carbocycles. The highest BCUT2D eigenvalue weighted by Gasteiger charge is 2.30. The zero-order chi connectivity index (χ0) is 18.2. The third-order valence-electron chi connectivity index (χ3n) is 5.51. The van der Waals surface area contributed by atoms with Crippen LogP contribution < -0.4 is 10.5 Å². The second-order valence-corrected chi connectivity index (χ2v) is 7.15. The summed E-state index contributed by atoms with van der Waals surface area (Å²) in [5, 5.41) is 4.55. The summed E-state index contributed by atoms with van der Waals surface area (Å²) in [7, 11) is 0. The molecule has 0 radical (unpaired) electrons. The van der Waals surface area contributed by atoms with Gasteiger partial charge in [0.2, 0.25) is 0 Å². The summed E-state index contributed by atoms with van der Waals surface area (Å²) < 4.78 is 3.37. The highest BCUT2D eigenvalue weighted by molar-refractivity contribution is 5.52. The molecule has 1 aliphatic heterocycles. The number of aryl methyl sites for hydroxylation is 1. The van der Waals surface area contributed by atoms with E-state index in [0.717, 1.165) is 44.5 Å². The van der Waals surface area contributed by atoms with Crippen LogP contribution in [0.2, 0.25) is 0 Å². The first-order valence-electron chi connectivity index (χ1n) is 9.45. The van der Waals surface area contributed by atoms with Crippen LogP contribution in [-0.2, 0) is 19.4 Å². The Labute approximate surface area is 156 Å². The average Bonchev–Trinajstić information content (AvgIpc) is 3.44. The molecule has 1 aliphatic carbocycles. The lowest BCUT2D eigenvalue weighted by molar-refractivity contribution is 0.483. The van der Waals surface area contributed by atoms with Gasteiger partial charge in [-0.05, 0) is 38.2 Å². The first-order valence-corrected chi connectivity index (χ1v) is 9.45. The molecule has 3 aromatic rings. The minimum Gasteiger partial charge on any atom is -0.351 e. The van der Waals surface area contributed by atoms with Crippen LogP contribution in [0.1, 0.15) is 30.5 Å². The Balaban J connectivity index is 1.45. The molecule has 0 amide bonds. The highest BCUT2D eigenvalue weighted by atomic mass is 16.1. The molecule has 8 heteroatoms. The molecule has 2 aliphatic rings. The van der Waals surface area contributed by atoms with Gasteiger partial charge in [-0.3, -0.25) is 9.36 Å². The summed E-state index contributed by atoms with van der Waals surface area (Å²) in [6, 6.07) is 3.52. The Bertz CT molecular complexity index is 1010. The Kier molecular flexibility index (Phi) is 3.95. The molecule has 1 fully saturated rings. The molecular formula is C19H21N7O. The van der Waals surface area contributed by atoms with Gasteiger partial charge in [0.1, 0.15) is 18.5 Å². The number of imidazole rings is 1. The Morgan fingerprint density at radius 3 is 3.00 bits per heavy atom. The van der Waals surface area contributed by atoms with Gasteiger partial charge in [-0.15, -0.1) is 0 Å². The second-order valence-electron chi connectivity index (χ2n) is 7.15. The van der Waals surface area contributed by atoms with Crippen molar-refractivity contribution in [1.29, 1.82) is 0 Å².